The van der Waals surface area contributed by atoms with Gasteiger partial charge in [-0.1, -0.05) is 24.4 Å². The minimum atomic E-state index is -0.630. The predicted molar refractivity (Wildman–Crippen MR) is 96.7 cm³/mol. The van der Waals surface area contributed by atoms with E-state index in [9.17, 15) is 14.4 Å². The van der Waals surface area contributed by atoms with Crippen molar-refractivity contribution in [1.29, 1.82) is 0 Å². The number of hydrogen-bond acceptors (Lipinski definition) is 5. The molecule has 1 aliphatic carbocycles. The lowest BCUT2D eigenvalue weighted by Gasteiger charge is -2.12. The minimum Gasteiger partial charge on any atom is -0.456 e. The monoisotopic (exact) mass is 384 g/mol. The number of amides is 3. The first kappa shape index (κ1) is 19.6. The molecular weight excluding hydrogens is 364 g/mol. The lowest BCUT2D eigenvalue weighted by Crippen LogP contribution is -2.45. The Bertz CT molecular complexity index is 603. The van der Waals surface area contributed by atoms with Crippen molar-refractivity contribution in [3.63, 3.8) is 0 Å². The number of halogens is 1. The van der Waals surface area contributed by atoms with Crippen molar-refractivity contribution < 1.29 is 19.1 Å². The van der Waals surface area contributed by atoms with E-state index in [-0.39, 0.29) is 12.5 Å². The summed E-state index contributed by atoms with van der Waals surface area (Å²) in [5.74, 6) is -0.577. The zero-order valence-electron chi connectivity index (χ0n) is 13.8. The van der Waals surface area contributed by atoms with Crippen LogP contribution in [0.2, 0.25) is 5.02 Å². The third-order valence-corrected chi connectivity index (χ3v) is 4.96. The predicted octanol–water partition coefficient (Wildman–Crippen LogP) is 3.13. The Morgan fingerprint density at radius 3 is 2.52 bits per heavy atom. The molecule has 3 amide bonds. The Morgan fingerprint density at radius 1 is 1.16 bits per heavy atom. The van der Waals surface area contributed by atoms with Crippen LogP contribution in [0, 0.1) is 0 Å². The normalized spacial score (nSPS) is 14.1. The first-order valence-electron chi connectivity index (χ1n) is 8.17. The fraction of sp³-hybridized carbons (Fsp3) is 0.471. The maximum Gasteiger partial charge on any atom is 0.321 e. The molecule has 0 saturated heterocycles. The number of urea groups is 1. The maximum atomic E-state index is 11.6. The van der Waals surface area contributed by atoms with Crippen LogP contribution < -0.4 is 10.6 Å². The summed E-state index contributed by atoms with van der Waals surface area (Å²) >= 11 is 7.30. The van der Waals surface area contributed by atoms with Gasteiger partial charge in [-0.2, -0.15) is 0 Å². The summed E-state index contributed by atoms with van der Waals surface area (Å²) in [5, 5.41) is 5.55. The first-order chi connectivity index (χ1) is 12.0. The molecule has 0 heterocycles. The summed E-state index contributed by atoms with van der Waals surface area (Å²) < 4.78 is 4.87. The highest BCUT2D eigenvalue weighted by molar-refractivity contribution is 7.99. The molecule has 25 heavy (non-hydrogen) atoms. The van der Waals surface area contributed by atoms with Crippen molar-refractivity contribution in [1.82, 2.24) is 10.6 Å². The molecule has 6 nitrogen and oxygen atoms in total. The van der Waals surface area contributed by atoms with Gasteiger partial charge in [0.2, 0.25) is 0 Å². The van der Waals surface area contributed by atoms with E-state index in [2.05, 4.69) is 10.6 Å². The van der Waals surface area contributed by atoms with Crippen molar-refractivity contribution in [3.05, 3.63) is 29.3 Å². The van der Waals surface area contributed by atoms with Gasteiger partial charge >= 0.3 is 12.0 Å². The molecule has 0 unspecified atom stereocenters. The highest BCUT2D eigenvalue weighted by Gasteiger charge is 2.18. The van der Waals surface area contributed by atoms with Gasteiger partial charge in [-0.25, -0.2) is 4.79 Å². The molecule has 1 aromatic rings. The van der Waals surface area contributed by atoms with Gasteiger partial charge in [0.15, 0.2) is 6.61 Å². The highest BCUT2D eigenvalue weighted by Crippen LogP contribution is 2.21. The number of carbonyl (C=O) groups excluding carboxylic acids is 3. The van der Waals surface area contributed by atoms with Gasteiger partial charge in [0, 0.05) is 21.7 Å². The second-order valence-electron chi connectivity index (χ2n) is 5.72. The van der Waals surface area contributed by atoms with E-state index in [0.717, 1.165) is 30.6 Å². The standard InChI is InChI=1S/C17H21ClN2O4S/c18-12-5-7-14(8-6-12)25-10-9-16(22)24-11-15(21)20-17(23)19-13-3-1-2-4-13/h5-8,13H,1-4,9-11H2,(H2,19,20,21,23). The van der Waals surface area contributed by atoms with Crippen molar-refractivity contribution in [2.75, 3.05) is 12.4 Å². The molecule has 1 aromatic carbocycles. The largest absolute Gasteiger partial charge is 0.456 e. The van der Waals surface area contributed by atoms with E-state index >= 15 is 0 Å². The van der Waals surface area contributed by atoms with Gasteiger partial charge in [-0.05, 0) is 37.1 Å². The second-order valence-corrected chi connectivity index (χ2v) is 7.32. The van der Waals surface area contributed by atoms with Crippen LogP contribution in [-0.2, 0) is 14.3 Å². The zero-order valence-corrected chi connectivity index (χ0v) is 15.3. The molecule has 0 spiro atoms. The SMILES string of the molecule is O=C(COC(=O)CCSc1ccc(Cl)cc1)NC(=O)NC1CCCC1. The van der Waals surface area contributed by atoms with Crippen molar-refractivity contribution in [2.45, 2.75) is 43.0 Å². The van der Waals surface area contributed by atoms with Crippen LogP contribution >= 0.6 is 23.4 Å². The summed E-state index contributed by atoms with van der Waals surface area (Å²) in [4.78, 5) is 35.8. The van der Waals surface area contributed by atoms with Crippen LogP contribution in [-0.4, -0.2) is 36.3 Å². The van der Waals surface area contributed by atoms with E-state index in [1.807, 2.05) is 12.1 Å². The summed E-state index contributed by atoms with van der Waals surface area (Å²) in [6.45, 7) is -0.456. The van der Waals surface area contributed by atoms with Crippen LogP contribution in [0.5, 0.6) is 0 Å². The van der Waals surface area contributed by atoms with Gasteiger partial charge in [-0.3, -0.25) is 14.9 Å². The fourth-order valence-corrected chi connectivity index (χ4v) is 3.41. The molecule has 2 N–H and O–H groups in total. The molecule has 8 heteroatoms. The first-order valence-corrected chi connectivity index (χ1v) is 9.53. The molecule has 1 saturated carbocycles. The van der Waals surface area contributed by atoms with Gasteiger partial charge in [0.1, 0.15) is 0 Å². The quantitative estimate of drug-likeness (QED) is 0.557. The molecular formula is C17H21ClN2O4S. The molecule has 2 rings (SSSR count). The Balaban J connectivity index is 1.56. The Morgan fingerprint density at radius 2 is 1.84 bits per heavy atom. The number of esters is 1. The number of hydrogen-bond donors (Lipinski definition) is 2. The maximum absolute atomic E-state index is 11.6. The minimum absolute atomic E-state index is 0.125. The summed E-state index contributed by atoms with van der Waals surface area (Å²) in [7, 11) is 0. The fourth-order valence-electron chi connectivity index (χ4n) is 2.46. The van der Waals surface area contributed by atoms with E-state index in [1.165, 1.54) is 11.8 Å². The lowest BCUT2D eigenvalue weighted by atomic mass is 10.2. The van der Waals surface area contributed by atoms with Crippen molar-refractivity contribution >= 4 is 41.3 Å². The summed E-state index contributed by atoms with van der Waals surface area (Å²) in [5.41, 5.74) is 0. The van der Waals surface area contributed by atoms with E-state index < -0.39 is 24.5 Å². The zero-order chi connectivity index (χ0) is 18.1. The number of thioether (sulfide) groups is 1. The van der Waals surface area contributed by atoms with Crippen LogP contribution in [0.3, 0.4) is 0 Å². The molecule has 0 atom stereocenters. The summed E-state index contributed by atoms with van der Waals surface area (Å²) in [6, 6.07) is 6.89. The lowest BCUT2D eigenvalue weighted by molar-refractivity contribution is -0.147. The third kappa shape index (κ3) is 7.79. The van der Waals surface area contributed by atoms with Crippen LogP contribution in [0.4, 0.5) is 4.79 Å². The smallest absolute Gasteiger partial charge is 0.321 e. The van der Waals surface area contributed by atoms with E-state index in [1.54, 1.807) is 12.1 Å². The van der Waals surface area contributed by atoms with Crippen LogP contribution in [0.25, 0.3) is 0 Å². The Kier molecular flexibility index (Phi) is 8.08. The molecule has 1 fully saturated rings. The Hall–Kier alpha value is -1.73. The van der Waals surface area contributed by atoms with Crippen molar-refractivity contribution in [2.24, 2.45) is 0 Å². The molecule has 0 aliphatic heterocycles. The number of benzene rings is 1. The topological polar surface area (TPSA) is 84.5 Å². The average molecular weight is 385 g/mol. The number of carbonyl (C=O) groups is 3. The van der Waals surface area contributed by atoms with Crippen LogP contribution in [0.1, 0.15) is 32.1 Å². The average Bonchev–Trinajstić information content (AvgIpc) is 3.07. The van der Waals surface area contributed by atoms with Gasteiger partial charge in [0.05, 0.1) is 6.42 Å². The second kappa shape index (κ2) is 10.3. The third-order valence-electron chi connectivity index (χ3n) is 3.70. The van der Waals surface area contributed by atoms with E-state index in [0.29, 0.717) is 10.8 Å². The van der Waals surface area contributed by atoms with Gasteiger partial charge in [0.25, 0.3) is 5.91 Å². The van der Waals surface area contributed by atoms with Crippen molar-refractivity contribution in [3.8, 4) is 0 Å². The summed E-state index contributed by atoms with van der Waals surface area (Å²) in [6.07, 6.45) is 4.22. The molecule has 0 radical (unpaired) electrons. The molecule has 136 valence electrons. The van der Waals surface area contributed by atoms with Crippen LogP contribution in [0.15, 0.2) is 29.2 Å². The van der Waals surface area contributed by atoms with Gasteiger partial charge in [-0.15, -0.1) is 11.8 Å². The highest BCUT2D eigenvalue weighted by atomic mass is 35.5. The van der Waals surface area contributed by atoms with E-state index in [4.69, 9.17) is 16.3 Å². The van der Waals surface area contributed by atoms with Gasteiger partial charge < -0.3 is 10.1 Å². The number of rotatable bonds is 7. The Labute approximate surface area is 156 Å². The number of imide groups is 1. The number of nitrogens with one attached hydrogen (secondary N) is 2. The molecule has 0 aromatic heterocycles. The molecule has 1 aliphatic rings. The number of ether oxygens (including phenoxy) is 1. The molecule has 0 bridgehead atoms.